The Morgan fingerprint density at radius 3 is 2.45 bits per heavy atom. The summed E-state index contributed by atoms with van der Waals surface area (Å²) < 4.78 is 26.5. The van der Waals surface area contributed by atoms with E-state index in [-0.39, 0.29) is 84.5 Å². The van der Waals surface area contributed by atoms with Crippen LogP contribution in [0.3, 0.4) is 0 Å². The van der Waals surface area contributed by atoms with Crippen LogP contribution in [0.5, 0.6) is 0 Å². The van der Waals surface area contributed by atoms with Crippen molar-refractivity contribution in [3.63, 3.8) is 0 Å². The predicted molar refractivity (Wildman–Crippen MR) is 207 cm³/mol. The maximum absolute atomic E-state index is 13.0. The molecule has 0 bridgehead atoms. The molecule has 0 radical (unpaired) electrons. The minimum Gasteiger partial charge on any atom is -0.356 e. The molecule has 56 heavy (non-hydrogen) atoms. The summed E-state index contributed by atoms with van der Waals surface area (Å²) >= 11 is 0. The lowest BCUT2D eigenvalue weighted by Crippen LogP contribution is -2.73. The molecule has 0 aromatic rings. The van der Waals surface area contributed by atoms with Crippen molar-refractivity contribution in [2.75, 3.05) is 51.6 Å². The van der Waals surface area contributed by atoms with Crippen LogP contribution < -0.4 is 42.6 Å². The second-order valence-electron chi connectivity index (χ2n) is 17.5. The first-order valence-electron chi connectivity index (χ1n) is 21.2. The Kier molecular flexibility index (Phi) is 13.3. The van der Waals surface area contributed by atoms with Gasteiger partial charge in [0.2, 0.25) is 33.7 Å². The van der Waals surface area contributed by atoms with E-state index in [9.17, 15) is 32.9 Å². The second-order valence-corrected chi connectivity index (χ2v) is 19.8. The molecule has 4 amide bonds. The molecule has 7 aliphatic rings. The Morgan fingerprint density at radius 2 is 1.73 bits per heavy atom. The summed E-state index contributed by atoms with van der Waals surface area (Å²) in [5.74, 6) is 0.956. The summed E-state index contributed by atoms with van der Waals surface area (Å²) in [5, 5.41) is 35.3. The third-order valence-corrected chi connectivity index (χ3v) is 15.8. The number of amides is 4. The Balaban J connectivity index is 0.794. The number of sulfonamides is 1. The second kappa shape index (κ2) is 18.0. The van der Waals surface area contributed by atoms with Gasteiger partial charge in [-0.2, -0.15) is 9.57 Å². The monoisotopic (exact) mass is 801 g/mol. The Morgan fingerprint density at radius 1 is 0.964 bits per heavy atom. The lowest BCUT2D eigenvalue weighted by molar-refractivity contribution is -0.138. The van der Waals surface area contributed by atoms with Crippen molar-refractivity contribution in [2.45, 2.75) is 120 Å². The first-order valence-corrected chi connectivity index (χ1v) is 22.8. The predicted octanol–water partition coefficient (Wildman–Crippen LogP) is -0.849. The van der Waals surface area contributed by atoms with Crippen LogP contribution in [0, 0.1) is 46.8 Å². The average Bonchev–Trinajstić information content (AvgIpc) is 3.86. The average molecular weight is 802 g/mol. The van der Waals surface area contributed by atoms with E-state index in [2.05, 4.69) is 53.7 Å². The maximum Gasteiger partial charge on any atom is 0.229 e. The third kappa shape index (κ3) is 9.41. The minimum atomic E-state index is -3.29. The van der Waals surface area contributed by atoms with E-state index in [0.717, 1.165) is 77.4 Å². The van der Waals surface area contributed by atoms with Gasteiger partial charge in [0.1, 0.15) is 6.29 Å². The van der Waals surface area contributed by atoms with Crippen molar-refractivity contribution in [1.29, 1.82) is 5.26 Å². The standard InChI is InChI=1S/C38H63N11O6S/c1-2-56(54,55)48-22-38(23-48,15-16-39)49-21-27(20-43-49)33-30-13-17-40-34(30)47-37(46-33)44-28-9-7-26(8-10-28)35(52)41-18-14-31(50)42-19-24-3-5-25(6-4-24)29-11-12-32(51)45-36(29)53/h24-30,33-34,37,40,43-44,46-47H,2-15,17-23H2,1H3,(H,41,52)(H,42,50)(H,45,51,53). The van der Waals surface area contributed by atoms with Crippen LogP contribution in [0.1, 0.15) is 90.4 Å². The third-order valence-electron chi connectivity index (χ3n) is 14.1. The number of hydrogen-bond acceptors (Lipinski definition) is 13. The van der Waals surface area contributed by atoms with E-state index >= 15 is 0 Å². The molecule has 0 spiro atoms. The van der Waals surface area contributed by atoms with Crippen molar-refractivity contribution in [1.82, 2.24) is 52.0 Å². The van der Waals surface area contributed by atoms with Gasteiger partial charge in [0.15, 0.2) is 0 Å². The molecule has 5 heterocycles. The zero-order valence-corrected chi connectivity index (χ0v) is 33.6. The first-order chi connectivity index (χ1) is 27.0. The first kappa shape index (κ1) is 41.4. The number of hydrogen-bond donors (Lipinski definition) is 8. The van der Waals surface area contributed by atoms with E-state index in [1.165, 1.54) is 4.31 Å². The highest BCUT2D eigenvalue weighted by atomic mass is 32.2. The number of carbonyl (C=O) groups is 4. The number of fused-ring (bicyclic) bond motifs is 1. The van der Waals surface area contributed by atoms with Gasteiger partial charge in [-0.25, -0.2) is 13.4 Å². The van der Waals surface area contributed by atoms with Crippen molar-refractivity contribution in [2.24, 2.45) is 35.5 Å². The number of imide groups is 1. The molecular formula is C38H63N11O6S. The fourth-order valence-corrected chi connectivity index (χ4v) is 11.9. The van der Waals surface area contributed by atoms with Crippen molar-refractivity contribution < 1.29 is 27.6 Å². The fraction of sp³-hybridized carbons (Fsp3) is 0.868. The van der Waals surface area contributed by atoms with Gasteiger partial charge in [-0.15, -0.1) is 0 Å². The van der Waals surface area contributed by atoms with E-state index in [4.69, 9.17) is 0 Å². The van der Waals surface area contributed by atoms with E-state index in [0.29, 0.717) is 56.8 Å². The summed E-state index contributed by atoms with van der Waals surface area (Å²) in [4.78, 5) is 49.4. The molecule has 5 aliphatic heterocycles. The maximum atomic E-state index is 13.0. The fourth-order valence-electron chi connectivity index (χ4n) is 10.6. The smallest absolute Gasteiger partial charge is 0.229 e. The number of hydrazine groups is 1. The molecule has 17 nitrogen and oxygen atoms in total. The summed E-state index contributed by atoms with van der Waals surface area (Å²) in [6, 6.07) is 2.78. The van der Waals surface area contributed by atoms with Crippen LogP contribution in [0.4, 0.5) is 0 Å². The van der Waals surface area contributed by atoms with Gasteiger partial charge in [-0.1, -0.05) is 0 Å². The Labute approximate surface area is 331 Å². The zero-order valence-electron chi connectivity index (χ0n) is 32.8. The normalized spacial score (nSPS) is 36.5. The topological polar surface area (TPSA) is 229 Å². The minimum absolute atomic E-state index is 0.0179. The lowest BCUT2D eigenvalue weighted by atomic mass is 9.73. The molecule has 0 aromatic carbocycles. The molecule has 5 saturated heterocycles. The van der Waals surface area contributed by atoms with Gasteiger partial charge in [0, 0.05) is 87.9 Å². The van der Waals surface area contributed by atoms with E-state index < -0.39 is 15.6 Å². The van der Waals surface area contributed by atoms with Gasteiger partial charge in [0.25, 0.3) is 0 Å². The van der Waals surface area contributed by atoms with Crippen LogP contribution >= 0.6 is 0 Å². The molecular weight excluding hydrogens is 739 g/mol. The lowest BCUT2D eigenvalue weighted by Gasteiger charge is -2.53. The molecule has 2 aliphatic carbocycles. The molecule has 312 valence electrons. The van der Waals surface area contributed by atoms with E-state index in [1.54, 1.807) is 6.92 Å². The van der Waals surface area contributed by atoms with Crippen LogP contribution in [0.25, 0.3) is 0 Å². The molecule has 6 unspecified atom stereocenters. The molecule has 6 atom stereocenters. The summed E-state index contributed by atoms with van der Waals surface area (Å²) in [6.45, 7) is 5.70. The highest BCUT2D eigenvalue weighted by Gasteiger charge is 2.55. The quantitative estimate of drug-likeness (QED) is 0.100. The molecule has 7 rings (SSSR count). The molecule has 7 fully saturated rings. The number of nitrogens with one attached hydrogen (secondary N) is 8. The van der Waals surface area contributed by atoms with Crippen molar-refractivity contribution in [3.8, 4) is 6.07 Å². The van der Waals surface area contributed by atoms with Crippen LogP contribution in [0.15, 0.2) is 0 Å². The Bertz CT molecular complexity index is 1590. The van der Waals surface area contributed by atoms with Gasteiger partial charge in [0.05, 0.1) is 29.9 Å². The van der Waals surface area contributed by atoms with Crippen LogP contribution in [0.2, 0.25) is 0 Å². The van der Waals surface area contributed by atoms with Crippen molar-refractivity contribution in [3.05, 3.63) is 0 Å². The summed E-state index contributed by atoms with van der Waals surface area (Å²) in [7, 11) is -3.29. The van der Waals surface area contributed by atoms with Crippen LogP contribution in [-0.2, 0) is 29.2 Å². The van der Waals surface area contributed by atoms with Gasteiger partial charge in [-0.3, -0.25) is 45.9 Å². The van der Waals surface area contributed by atoms with Gasteiger partial charge < -0.3 is 16.0 Å². The SMILES string of the molecule is CCS(=O)(=O)N1CC(CC#N)(N2CC(C3NC(NC4CCC(C(=O)NCCC(=O)NCC5CCC(C6CCC(=O)NC6=O)CC5)CC4)NC4NCCC43)CN2)C1. The van der Waals surface area contributed by atoms with Crippen LogP contribution in [-0.4, -0.2) is 123 Å². The zero-order chi connectivity index (χ0) is 39.5. The summed E-state index contributed by atoms with van der Waals surface area (Å²) in [6.07, 6.45) is 9.82. The number of nitriles is 1. The molecule has 0 aromatic heterocycles. The number of carbonyl (C=O) groups excluding carboxylic acids is 4. The highest BCUT2D eigenvalue weighted by Crippen LogP contribution is 2.38. The molecule has 8 N–H and O–H groups in total. The summed E-state index contributed by atoms with van der Waals surface area (Å²) in [5.41, 5.74) is 3.04. The Hall–Kier alpha value is -2.76. The van der Waals surface area contributed by atoms with Crippen molar-refractivity contribution >= 4 is 33.7 Å². The highest BCUT2D eigenvalue weighted by molar-refractivity contribution is 7.89. The van der Waals surface area contributed by atoms with E-state index in [1.807, 2.05) is 0 Å². The number of nitrogens with zero attached hydrogens (tertiary/aromatic N) is 3. The van der Waals surface area contributed by atoms with Gasteiger partial charge in [-0.05, 0) is 89.5 Å². The molecule has 18 heteroatoms. The number of piperidine rings is 1. The number of rotatable bonds is 14. The largest absolute Gasteiger partial charge is 0.356 e. The molecule has 2 saturated carbocycles. The van der Waals surface area contributed by atoms with Gasteiger partial charge >= 0.3 is 0 Å².